The Morgan fingerprint density at radius 1 is 1.22 bits per heavy atom. The van der Waals surface area contributed by atoms with Crippen LogP contribution in [0.3, 0.4) is 0 Å². The molecule has 0 amide bonds. The van der Waals surface area contributed by atoms with Gasteiger partial charge < -0.3 is 24.1 Å². The van der Waals surface area contributed by atoms with Crippen LogP contribution >= 0.6 is 7.82 Å². The molecule has 4 rings (SSSR count). The van der Waals surface area contributed by atoms with Crippen LogP contribution in [-0.4, -0.2) is 46.2 Å². The number of phenols is 1. The molecule has 2 heterocycles. The molecular weight excluding hydrogens is 437 g/mol. The second-order valence-electron chi connectivity index (χ2n) is 8.26. The number of quaternary nitrogens is 1. The lowest BCUT2D eigenvalue weighted by molar-refractivity contribution is -0.888. The number of likely N-dealkylation sites (N-methyl/N-ethyl adjacent to an activating group) is 1. The van der Waals surface area contributed by atoms with E-state index in [9.17, 15) is 29.4 Å². The number of likely N-dealkylation sites (tertiary alicyclic amines) is 1. The van der Waals surface area contributed by atoms with Crippen LogP contribution in [0.15, 0.2) is 45.6 Å². The first-order valence-corrected chi connectivity index (χ1v) is 11.7. The monoisotopic (exact) mass is 462 g/mol. The second-order valence-corrected chi connectivity index (χ2v) is 9.42. The second kappa shape index (κ2) is 8.35. The third-order valence-electron chi connectivity index (χ3n) is 5.88. The lowest BCUT2D eigenvalue weighted by atomic mass is 9.85. The Kier molecular flexibility index (Phi) is 5.87. The van der Waals surface area contributed by atoms with E-state index in [-0.39, 0.29) is 28.0 Å². The highest BCUT2D eigenvalue weighted by Crippen LogP contribution is 2.47. The first-order valence-electron chi connectivity index (χ1n) is 10.2. The smallest absolute Gasteiger partial charge is 0.507 e. The van der Waals surface area contributed by atoms with Gasteiger partial charge in [0.25, 0.3) is 0 Å². The standard InChI is InChI=1S/C22H24NO8P/c1-12-5-3-4-6-13(12)18-9-15(24)21-16(25)10-19(31-32(27,28)29)20(22(21)30-18)14-7-8-23(2)11-17(14)26/h3-6,9-10,14,17,25-26H,7-8,11H2,1-2H3,(H2,27,28,29)/p+1/t14-,17+/m0/s1. The number of phosphoric acid groups is 1. The van der Waals surface area contributed by atoms with Crippen molar-refractivity contribution in [1.82, 2.24) is 0 Å². The Hall–Kier alpha value is -2.68. The maximum atomic E-state index is 13.0. The normalized spacial score (nSPS) is 21.6. The number of piperidine rings is 1. The average molecular weight is 462 g/mol. The molecule has 0 spiro atoms. The summed E-state index contributed by atoms with van der Waals surface area (Å²) in [5.74, 6) is -1.22. The Morgan fingerprint density at radius 2 is 1.94 bits per heavy atom. The predicted molar refractivity (Wildman–Crippen MR) is 117 cm³/mol. The van der Waals surface area contributed by atoms with Crippen LogP contribution in [0.4, 0.5) is 0 Å². The van der Waals surface area contributed by atoms with E-state index >= 15 is 0 Å². The van der Waals surface area contributed by atoms with Crippen LogP contribution in [0.5, 0.6) is 11.5 Å². The summed E-state index contributed by atoms with van der Waals surface area (Å²) in [6.45, 7) is 2.93. The highest BCUT2D eigenvalue weighted by Gasteiger charge is 2.36. The quantitative estimate of drug-likeness (QED) is 0.366. The fourth-order valence-electron chi connectivity index (χ4n) is 4.38. The number of phenolic OH excluding ortho intramolecular Hbond substituents is 1. The number of hydrogen-bond donors (Lipinski definition) is 5. The zero-order valence-corrected chi connectivity index (χ0v) is 18.5. The van der Waals surface area contributed by atoms with Gasteiger partial charge in [0, 0.05) is 35.6 Å². The van der Waals surface area contributed by atoms with E-state index in [0.717, 1.165) is 16.5 Å². The summed E-state index contributed by atoms with van der Waals surface area (Å²) in [5, 5.41) is 21.2. The van der Waals surface area contributed by atoms with Gasteiger partial charge in [0.1, 0.15) is 40.9 Å². The van der Waals surface area contributed by atoms with Crippen molar-refractivity contribution in [3.05, 3.63) is 57.7 Å². The highest BCUT2D eigenvalue weighted by atomic mass is 31.2. The molecule has 1 aliphatic heterocycles. The van der Waals surface area contributed by atoms with Crippen molar-refractivity contribution in [2.75, 3.05) is 20.1 Å². The highest BCUT2D eigenvalue weighted by molar-refractivity contribution is 7.46. The summed E-state index contributed by atoms with van der Waals surface area (Å²) in [6, 6.07) is 9.55. The number of aliphatic hydroxyl groups is 1. The fourth-order valence-corrected chi connectivity index (χ4v) is 4.79. The van der Waals surface area contributed by atoms with Gasteiger partial charge in [-0.3, -0.25) is 14.6 Å². The van der Waals surface area contributed by atoms with Gasteiger partial charge in [0.15, 0.2) is 5.43 Å². The Labute approximate surface area is 183 Å². The third kappa shape index (κ3) is 4.30. The summed E-state index contributed by atoms with van der Waals surface area (Å²) in [4.78, 5) is 33.0. The number of aromatic hydroxyl groups is 1. The van der Waals surface area contributed by atoms with Crippen LogP contribution in [0.2, 0.25) is 0 Å². The molecule has 0 radical (unpaired) electrons. The van der Waals surface area contributed by atoms with E-state index in [0.29, 0.717) is 25.1 Å². The maximum absolute atomic E-state index is 13.0. The van der Waals surface area contributed by atoms with Gasteiger partial charge in [0.05, 0.1) is 13.6 Å². The lowest BCUT2D eigenvalue weighted by Gasteiger charge is -2.32. The van der Waals surface area contributed by atoms with Crippen molar-refractivity contribution in [3.63, 3.8) is 0 Å². The molecule has 32 heavy (non-hydrogen) atoms. The fraction of sp³-hybridized carbons (Fsp3) is 0.318. The Bertz CT molecular complexity index is 1280. The average Bonchev–Trinajstić information content (AvgIpc) is 2.68. The summed E-state index contributed by atoms with van der Waals surface area (Å²) < 4.78 is 22.6. The number of nitrogens with one attached hydrogen (secondary N) is 1. The first kappa shape index (κ1) is 22.5. The minimum absolute atomic E-state index is 0.0530. The minimum atomic E-state index is -5.00. The van der Waals surface area contributed by atoms with E-state index in [2.05, 4.69) is 0 Å². The third-order valence-corrected chi connectivity index (χ3v) is 6.32. The SMILES string of the molecule is Cc1ccccc1-c1cc(=O)c2c(O)cc(OP(=O)(O)O)c([C@H]3CC[NH+](C)C[C@H]3O)c2o1. The predicted octanol–water partition coefficient (Wildman–Crippen LogP) is 1.31. The molecule has 10 heteroatoms. The van der Waals surface area contributed by atoms with Crippen molar-refractivity contribution in [1.29, 1.82) is 0 Å². The van der Waals surface area contributed by atoms with Crippen molar-refractivity contribution in [2.45, 2.75) is 25.4 Å². The molecular formula is C22H25NO8P+. The van der Waals surface area contributed by atoms with Crippen LogP contribution in [0, 0.1) is 6.92 Å². The molecule has 5 N–H and O–H groups in total. The molecule has 0 aliphatic carbocycles. The molecule has 1 aliphatic rings. The van der Waals surface area contributed by atoms with Crippen LogP contribution in [-0.2, 0) is 4.57 Å². The van der Waals surface area contributed by atoms with Crippen molar-refractivity contribution >= 4 is 18.8 Å². The van der Waals surface area contributed by atoms with Gasteiger partial charge in [-0.05, 0) is 12.5 Å². The molecule has 3 atom stereocenters. The first-order chi connectivity index (χ1) is 15.0. The summed E-state index contributed by atoms with van der Waals surface area (Å²) in [5.41, 5.74) is 1.11. The van der Waals surface area contributed by atoms with Gasteiger partial charge in [-0.15, -0.1) is 0 Å². The minimum Gasteiger partial charge on any atom is -0.507 e. The number of aliphatic hydroxyl groups excluding tert-OH is 1. The molecule has 1 aromatic heterocycles. The number of benzene rings is 2. The largest absolute Gasteiger partial charge is 0.524 e. The summed E-state index contributed by atoms with van der Waals surface area (Å²) in [6.07, 6.45) is -0.411. The van der Waals surface area contributed by atoms with E-state index in [1.165, 1.54) is 6.07 Å². The van der Waals surface area contributed by atoms with Crippen molar-refractivity contribution < 1.29 is 38.4 Å². The molecule has 1 saturated heterocycles. The molecule has 1 unspecified atom stereocenters. The lowest BCUT2D eigenvalue weighted by Crippen LogP contribution is -3.11. The van der Waals surface area contributed by atoms with Gasteiger partial charge in [-0.2, -0.15) is 0 Å². The van der Waals surface area contributed by atoms with E-state index in [4.69, 9.17) is 8.94 Å². The number of phosphoric ester groups is 1. The maximum Gasteiger partial charge on any atom is 0.524 e. The molecule has 170 valence electrons. The Morgan fingerprint density at radius 3 is 2.59 bits per heavy atom. The number of aryl methyl sites for hydroxylation is 1. The Balaban J connectivity index is 2.05. The summed E-state index contributed by atoms with van der Waals surface area (Å²) >= 11 is 0. The molecule has 3 aromatic rings. The van der Waals surface area contributed by atoms with Gasteiger partial charge in [-0.25, -0.2) is 4.57 Å². The zero-order chi connectivity index (χ0) is 23.2. The number of hydrogen-bond acceptors (Lipinski definition) is 6. The molecule has 9 nitrogen and oxygen atoms in total. The van der Waals surface area contributed by atoms with Gasteiger partial charge >= 0.3 is 7.82 Å². The zero-order valence-electron chi connectivity index (χ0n) is 17.6. The van der Waals surface area contributed by atoms with E-state index in [1.54, 1.807) is 12.1 Å². The molecule has 0 bridgehead atoms. The molecule has 0 saturated carbocycles. The molecule has 2 aromatic carbocycles. The van der Waals surface area contributed by atoms with E-state index < -0.39 is 31.0 Å². The van der Waals surface area contributed by atoms with Crippen molar-refractivity contribution in [3.8, 4) is 22.8 Å². The van der Waals surface area contributed by atoms with Gasteiger partial charge in [-0.1, -0.05) is 24.3 Å². The number of rotatable bonds is 4. The number of fused-ring (bicyclic) bond motifs is 1. The summed E-state index contributed by atoms with van der Waals surface area (Å²) in [7, 11) is -3.07. The van der Waals surface area contributed by atoms with Crippen LogP contribution in [0.1, 0.15) is 23.5 Å². The topological polar surface area (TPSA) is 142 Å². The molecule has 1 fully saturated rings. The van der Waals surface area contributed by atoms with E-state index in [1.807, 2.05) is 26.1 Å². The van der Waals surface area contributed by atoms with Crippen LogP contribution < -0.4 is 14.9 Å². The van der Waals surface area contributed by atoms with Gasteiger partial charge in [0.2, 0.25) is 0 Å². The van der Waals surface area contributed by atoms with Crippen LogP contribution in [0.25, 0.3) is 22.3 Å². The van der Waals surface area contributed by atoms with Crippen molar-refractivity contribution in [2.24, 2.45) is 0 Å².